The number of nitrogens with zero attached hydrogens (tertiary/aromatic N) is 1. The van der Waals surface area contributed by atoms with Crippen LogP contribution in [0.4, 0.5) is 5.69 Å². The first-order valence-electron chi connectivity index (χ1n) is 6.81. The van der Waals surface area contributed by atoms with Crippen molar-refractivity contribution in [3.05, 3.63) is 60.6 Å². The first kappa shape index (κ1) is 14.1. The van der Waals surface area contributed by atoms with E-state index in [1.54, 1.807) is 0 Å². The van der Waals surface area contributed by atoms with Gasteiger partial charge < -0.3 is 10.3 Å². The maximum atomic E-state index is 4.36. The summed E-state index contributed by atoms with van der Waals surface area (Å²) in [6.07, 6.45) is 9.68. The summed E-state index contributed by atoms with van der Waals surface area (Å²) in [5.41, 5.74) is 4.15. The second-order valence-corrected chi connectivity index (χ2v) is 5.16. The molecular weight excluding hydrogens is 246 g/mol. The summed E-state index contributed by atoms with van der Waals surface area (Å²) >= 11 is 0. The molecule has 0 saturated carbocycles. The molecule has 0 saturated heterocycles. The summed E-state index contributed by atoms with van der Waals surface area (Å²) in [4.78, 5) is 7.44. The number of pyridine rings is 1. The maximum Gasteiger partial charge on any atom is 0.137 e. The van der Waals surface area contributed by atoms with E-state index in [-0.39, 0.29) is 0 Å². The predicted octanol–water partition coefficient (Wildman–Crippen LogP) is 4.65. The van der Waals surface area contributed by atoms with Gasteiger partial charge in [-0.2, -0.15) is 0 Å². The molecule has 2 N–H and O–H groups in total. The first-order valence-corrected chi connectivity index (χ1v) is 6.81. The summed E-state index contributed by atoms with van der Waals surface area (Å²) in [6, 6.07) is 4.07. The van der Waals surface area contributed by atoms with E-state index in [0.717, 1.165) is 22.4 Å². The van der Waals surface area contributed by atoms with Crippen LogP contribution in [-0.2, 0) is 0 Å². The molecule has 0 radical (unpaired) electrons. The highest BCUT2D eigenvalue weighted by Crippen LogP contribution is 2.17. The molecule has 2 aromatic rings. The van der Waals surface area contributed by atoms with Crippen LogP contribution in [0.15, 0.2) is 60.6 Å². The van der Waals surface area contributed by atoms with E-state index in [4.69, 9.17) is 0 Å². The molecule has 0 aliphatic rings. The average molecular weight is 267 g/mol. The zero-order chi connectivity index (χ0) is 14.5. The van der Waals surface area contributed by atoms with Gasteiger partial charge in [0.25, 0.3) is 0 Å². The molecule has 0 unspecified atom stereocenters. The molecule has 2 aromatic heterocycles. The van der Waals surface area contributed by atoms with Crippen molar-refractivity contribution < 1.29 is 0 Å². The van der Waals surface area contributed by atoms with Gasteiger partial charge in [-0.1, -0.05) is 32.1 Å². The van der Waals surface area contributed by atoms with Crippen LogP contribution in [0.3, 0.4) is 0 Å². The van der Waals surface area contributed by atoms with Gasteiger partial charge in [0, 0.05) is 17.3 Å². The molecular formula is C17H21N3. The summed E-state index contributed by atoms with van der Waals surface area (Å²) in [7, 11) is 0. The van der Waals surface area contributed by atoms with Crippen molar-refractivity contribution in [2.45, 2.75) is 20.8 Å². The molecule has 0 spiro atoms. The van der Waals surface area contributed by atoms with E-state index in [9.17, 15) is 0 Å². The third kappa shape index (κ3) is 3.38. The number of hydrogen-bond donors (Lipinski definition) is 2. The van der Waals surface area contributed by atoms with Crippen molar-refractivity contribution in [1.82, 2.24) is 9.97 Å². The van der Waals surface area contributed by atoms with Crippen LogP contribution < -0.4 is 5.32 Å². The fourth-order valence-corrected chi connectivity index (χ4v) is 1.75. The minimum Gasteiger partial charge on any atom is -0.354 e. The van der Waals surface area contributed by atoms with Crippen molar-refractivity contribution in [1.29, 1.82) is 0 Å². The van der Waals surface area contributed by atoms with Crippen LogP contribution in [0.5, 0.6) is 0 Å². The minimum atomic E-state index is 0.551. The molecule has 0 aromatic carbocycles. The zero-order valence-electron chi connectivity index (χ0n) is 12.3. The van der Waals surface area contributed by atoms with Gasteiger partial charge in [0.15, 0.2) is 0 Å². The minimum absolute atomic E-state index is 0.551. The number of anilines is 1. The number of nitrogens with one attached hydrogen (secondary N) is 2. The number of allylic oxidation sites excluding steroid dienone is 4. The molecule has 2 rings (SSSR count). The number of rotatable bonds is 5. The second-order valence-electron chi connectivity index (χ2n) is 5.16. The normalized spacial score (nSPS) is 13.0. The highest BCUT2D eigenvalue weighted by Gasteiger charge is 1.99. The van der Waals surface area contributed by atoms with Gasteiger partial charge in [-0.15, -0.1) is 0 Å². The topological polar surface area (TPSA) is 40.7 Å². The van der Waals surface area contributed by atoms with Gasteiger partial charge in [-0.25, -0.2) is 4.98 Å². The van der Waals surface area contributed by atoms with E-state index in [1.165, 1.54) is 5.57 Å². The van der Waals surface area contributed by atoms with Crippen molar-refractivity contribution in [2.24, 2.45) is 5.92 Å². The number of aromatic amines is 1. The van der Waals surface area contributed by atoms with Crippen LogP contribution in [0.1, 0.15) is 20.8 Å². The Labute approximate surface area is 120 Å². The van der Waals surface area contributed by atoms with Gasteiger partial charge in [0.1, 0.15) is 5.65 Å². The van der Waals surface area contributed by atoms with Gasteiger partial charge in [-0.05, 0) is 37.1 Å². The van der Waals surface area contributed by atoms with Crippen molar-refractivity contribution >= 4 is 16.7 Å². The Hall–Kier alpha value is -2.29. The summed E-state index contributed by atoms with van der Waals surface area (Å²) < 4.78 is 0. The Balaban J connectivity index is 2.19. The maximum absolute atomic E-state index is 4.36. The predicted molar refractivity (Wildman–Crippen MR) is 86.6 cm³/mol. The van der Waals surface area contributed by atoms with Gasteiger partial charge in [-0.3, -0.25) is 0 Å². The number of H-pyrrole nitrogens is 1. The lowest BCUT2D eigenvalue weighted by atomic mass is 10.1. The quantitative estimate of drug-likeness (QED) is 0.774. The Morgan fingerprint density at radius 2 is 2.20 bits per heavy atom. The van der Waals surface area contributed by atoms with Crippen molar-refractivity contribution in [3.8, 4) is 0 Å². The van der Waals surface area contributed by atoms with Crippen LogP contribution in [-0.4, -0.2) is 9.97 Å². The lowest BCUT2D eigenvalue weighted by Crippen LogP contribution is -1.97. The average Bonchev–Trinajstić information content (AvgIpc) is 2.90. The molecule has 3 nitrogen and oxygen atoms in total. The van der Waals surface area contributed by atoms with Crippen LogP contribution in [0, 0.1) is 5.92 Å². The molecule has 0 aliphatic heterocycles. The lowest BCUT2D eigenvalue weighted by Gasteiger charge is -2.07. The number of aromatic nitrogens is 2. The molecule has 0 atom stereocenters. The molecule has 0 bridgehead atoms. The number of fused-ring (bicyclic) bond motifs is 1. The zero-order valence-corrected chi connectivity index (χ0v) is 12.3. The Morgan fingerprint density at radius 1 is 1.40 bits per heavy atom. The Kier molecular flexibility index (Phi) is 4.41. The van der Waals surface area contributed by atoms with Gasteiger partial charge in [0.05, 0.1) is 11.9 Å². The molecule has 2 heterocycles. The summed E-state index contributed by atoms with van der Waals surface area (Å²) in [5, 5.41) is 4.42. The Bertz CT molecular complexity index is 660. The summed E-state index contributed by atoms with van der Waals surface area (Å²) in [5.74, 6) is 0.551. The van der Waals surface area contributed by atoms with Crippen LogP contribution in [0.25, 0.3) is 11.0 Å². The van der Waals surface area contributed by atoms with E-state index >= 15 is 0 Å². The lowest BCUT2D eigenvalue weighted by molar-refractivity contribution is 0.769. The van der Waals surface area contributed by atoms with E-state index in [0.29, 0.717) is 5.92 Å². The third-order valence-corrected chi connectivity index (χ3v) is 3.35. The Morgan fingerprint density at radius 3 is 2.90 bits per heavy atom. The van der Waals surface area contributed by atoms with Crippen molar-refractivity contribution in [3.63, 3.8) is 0 Å². The number of hydrogen-bond acceptors (Lipinski definition) is 2. The van der Waals surface area contributed by atoms with E-state index in [1.807, 2.05) is 30.6 Å². The van der Waals surface area contributed by atoms with E-state index < -0.39 is 0 Å². The van der Waals surface area contributed by atoms with Crippen LogP contribution >= 0.6 is 0 Å². The van der Waals surface area contributed by atoms with Crippen molar-refractivity contribution in [2.75, 3.05) is 5.32 Å². The monoisotopic (exact) mass is 267 g/mol. The SMILES string of the molecule is C=C/C(=C\C=C(/C)C(C)C)Nc1cnc2[nH]ccc2c1. The second kappa shape index (κ2) is 6.24. The molecule has 3 heteroatoms. The standard InChI is InChI=1S/C17H21N3/c1-5-15(7-6-13(4)12(2)3)20-16-10-14-8-9-18-17(14)19-11-16/h5-12,20H,1H2,2-4H3,(H,18,19)/b13-6+,15-7+. The van der Waals surface area contributed by atoms with Gasteiger partial charge in [0.2, 0.25) is 0 Å². The smallest absolute Gasteiger partial charge is 0.137 e. The highest BCUT2D eigenvalue weighted by atomic mass is 14.9. The molecule has 104 valence electrons. The fourth-order valence-electron chi connectivity index (χ4n) is 1.75. The fraction of sp³-hybridized carbons (Fsp3) is 0.235. The molecule has 0 fully saturated rings. The first-order chi connectivity index (χ1) is 9.60. The summed E-state index contributed by atoms with van der Waals surface area (Å²) in [6.45, 7) is 10.3. The third-order valence-electron chi connectivity index (χ3n) is 3.35. The van der Waals surface area contributed by atoms with Gasteiger partial charge >= 0.3 is 0 Å². The largest absolute Gasteiger partial charge is 0.354 e. The highest BCUT2D eigenvalue weighted by molar-refractivity contribution is 5.79. The molecule has 0 aliphatic carbocycles. The van der Waals surface area contributed by atoms with Crippen LogP contribution in [0.2, 0.25) is 0 Å². The van der Waals surface area contributed by atoms with E-state index in [2.05, 4.69) is 54.8 Å². The molecule has 0 amide bonds. The molecule has 20 heavy (non-hydrogen) atoms.